The quantitative estimate of drug-likeness (QED) is 0.813. The number of hydrogen-bond donors (Lipinski definition) is 1. The fourth-order valence-electron chi connectivity index (χ4n) is 1.23. The van der Waals surface area contributed by atoms with Crippen molar-refractivity contribution in [2.24, 2.45) is 5.73 Å². The SMILES string of the molecule is CC(C)(C)OC(=O)c1cccc(OCCN)c1. The van der Waals surface area contributed by atoms with Gasteiger partial charge in [0.15, 0.2) is 0 Å². The van der Waals surface area contributed by atoms with Gasteiger partial charge in [-0.2, -0.15) is 0 Å². The molecule has 4 heteroatoms. The molecule has 0 saturated carbocycles. The van der Waals surface area contributed by atoms with Crippen LogP contribution in [0.2, 0.25) is 0 Å². The molecule has 0 unspecified atom stereocenters. The number of nitrogens with two attached hydrogens (primary N) is 1. The number of hydrogen-bond acceptors (Lipinski definition) is 4. The summed E-state index contributed by atoms with van der Waals surface area (Å²) >= 11 is 0. The zero-order valence-corrected chi connectivity index (χ0v) is 10.5. The van der Waals surface area contributed by atoms with Crippen molar-refractivity contribution in [3.05, 3.63) is 29.8 Å². The summed E-state index contributed by atoms with van der Waals surface area (Å²) in [5.41, 5.74) is 5.33. The number of esters is 1. The van der Waals surface area contributed by atoms with Crippen LogP contribution in [0, 0.1) is 0 Å². The lowest BCUT2D eigenvalue weighted by molar-refractivity contribution is 0.00691. The second-order valence-electron chi connectivity index (χ2n) is 4.67. The highest BCUT2D eigenvalue weighted by molar-refractivity contribution is 5.90. The minimum Gasteiger partial charge on any atom is -0.492 e. The van der Waals surface area contributed by atoms with Gasteiger partial charge in [-0.25, -0.2) is 4.79 Å². The van der Waals surface area contributed by atoms with E-state index >= 15 is 0 Å². The fourth-order valence-corrected chi connectivity index (χ4v) is 1.23. The molecule has 17 heavy (non-hydrogen) atoms. The fraction of sp³-hybridized carbons (Fsp3) is 0.462. The molecule has 94 valence electrons. The molecule has 0 bridgehead atoms. The molecule has 0 radical (unpaired) electrons. The van der Waals surface area contributed by atoms with Crippen LogP contribution in [0.4, 0.5) is 0 Å². The molecular formula is C13H19NO3. The van der Waals surface area contributed by atoms with Crippen LogP contribution in [0.15, 0.2) is 24.3 Å². The lowest BCUT2D eigenvalue weighted by atomic mass is 10.1. The van der Waals surface area contributed by atoms with E-state index < -0.39 is 5.60 Å². The van der Waals surface area contributed by atoms with E-state index in [1.165, 1.54) is 0 Å². The molecule has 0 heterocycles. The molecule has 0 aliphatic carbocycles. The first-order chi connectivity index (χ1) is 7.92. The Balaban J connectivity index is 2.74. The molecule has 0 amide bonds. The average Bonchev–Trinajstić information content (AvgIpc) is 2.24. The summed E-state index contributed by atoms with van der Waals surface area (Å²) in [6, 6.07) is 6.89. The molecule has 0 saturated heterocycles. The number of ether oxygens (including phenoxy) is 2. The maximum Gasteiger partial charge on any atom is 0.338 e. The smallest absolute Gasteiger partial charge is 0.338 e. The van der Waals surface area contributed by atoms with Crippen LogP contribution in [0.3, 0.4) is 0 Å². The van der Waals surface area contributed by atoms with Gasteiger partial charge in [-0.3, -0.25) is 0 Å². The van der Waals surface area contributed by atoms with Gasteiger partial charge in [0.1, 0.15) is 18.0 Å². The molecule has 1 rings (SSSR count). The van der Waals surface area contributed by atoms with E-state index in [0.29, 0.717) is 24.5 Å². The summed E-state index contributed by atoms with van der Waals surface area (Å²) < 4.78 is 10.6. The van der Waals surface area contributed by atoms with E-state index in [0.717, 1.165) is 0 Å². The first-order valence-electron chi connectivity index (χ1n) is 5.58. The second-order valence-corrected chi connectivity index (χ2v) is 4.67. The number of carbonyl (C=O) groups is 1. The molecule has 1 aromatic carbocycles. The van der Waals surface area contributed by atoms with Crippen molar-refractivity contribution in [1.82, 2.24) is 0 Å². The predicted molar refractivity (Wildman–Crippen MR) is 66.2 cm³/mol. The third-order valence-electron chi connectivity index (χ3n) is 1.86. The summed E-state index contributed by atoms with van der Waals surface area (Å²) in [4.78, 5) is 11.8. The van der Waals surface area contributed by atoms with Crippen LogP contribution in [0.5, 0.6) is 5.75 Å². The van der Waals surface area contributed by atoms with Gasteiger partial charge in [0.05, 0.1) is 5.56 Å². The average molecular weight is 237 g/mol. The van der Waals surface area contributed by atoms with Gasteiger partial charge >= 0.3 is 5.97 Å². The molecule has 0 spiro atoms. The van der Waals surface area contributed by atoms with Crippen LogP contribution >= 0.6 is 0 Å². The standard InChI is InChI=1S/C13H19NO3/c1-13(2,3)17-12(15)10-5-4-6-11(9-10)16-8-7-14/h4-6,9H,7-8,14H2,1-3H3. The highest BCUT2D eigenvalue weighted by atomic mass is 16.6. The summed E-state index contributed by atoms with van der Waals surface area (Å²) in [5.74, 6) is 0.273. The first kappa shape index (κ1) is 13.5. The molecule has 2 N–H and O–H groups in total. The van der Waals surface area contributed by atoms with Crippen molar-refractivity contribution in [3.63, 3.8) is 0 Å². The van der Waals surface area contributed by atoms with Gasteiger partial charge in [0.25, 0.3) is 0 Å². The van der Waals surface area contributed by atoms with Gasteiger partial charge in [-0.15, -0.1) is 0 Å². The Kier molecular flexibility index (Phi) is 4.52. The van der Waals surface area contributed by atoms with Crippen molar-refractivity contribution in [3.8, 4) is 5.75 Å². The number of carbonyl (C=O) groups excluding carboxylic acids is 1. The van der Waals surface area contributed by atoms with Gasteiger partial charge in [-0.05, 0) is 39.0 Å². The highest BCUT2D eigenvalue weighted by Gasteiger charge is 2.17. The summed E-state index contributed by atoms with van der Waals surface area (Å²) in [7, 11) is 0. The summed E-state index contributed by atoms with van der Waals surface area (Å²) in [5, 5.41) is 0. The summed E-state index contributed by atoms with van der Waals surface area (Å²) in [6.07, 6.45) is 0. The van der Waals surface area contributed by atoms with Gasteiger partial charge in [-0.1, -0.05) is 6.07 Å². The largest absolute Gasteiger partial charge is 0.492 e. The maximum absolute atomic E-state index is 11.8. The van der Waals surface area contributed by atoms with Crippen LogP contribution < -0.4 is 10.5 Å². The lowest BCUT2D eigenvalue weighted by Crippen LogP contribution is -2.23. The molecule has 0 fully saturated rings. The molecule has 0 aromatic heterocycles. The van der Waals surface area contributed by atoms with Crippen molar-refractivity contribution in [2.75, 3.05) is 13.2 Å². The number of benzene rings is 1. The maximum atomic E-state index is 11.8. The Bertz CT molecular complexity index is 382. The van der Waals surface area contributed by atoms with E-state index in [-0.39, 0.29) is 5.97 Å². The van der Waals surface area contributed by atoms with Gasteiger partial charge < -0.3 is 15.2 Å². The second kappa shape index (κ2) is 5.68. The normalized spacial score (nSPS) is 11.1. The van der Waals surface area contributed by atoms with Crippen molar-refractivity contribution in [1.29, 1.82) is 0 Å². The minimum absolute atomic E-state index is 0.351. The lowest BCUT2D eigenvalue weighted by Gasteiger charge is -2.19. The van der Waals surface area contributed by atoms with Crippen LogP contribution in [0.25, 0.3) is 0 Å². The van der Waals surface area contributed by atoms with Gasteiger partial charge in [0.2, 0.25) is 0 Å². The zero-order chi connectivity index (χ0) is 12.9. The molecule has 4 nitrogen and oxygen atoms in total. The third-order valence-corrected chi connectivity index (χ3v) is 1.86. The molecular weight excluding hydrogens is 218 g/mol. The number of rotatable bonds is 4. The van der Waals surface area contributed by atoms with E-state index in [2.05, 4.69) is 0 Å². The van der Waals surface area contributed by atoms with E-state index in [4.69, 9.17) is 15.2 Å². The Labute approximate surface area is 102 Å². The summed E-state index contributed by atoms with van der Waals surface area (Å²) in [6.45, 7) is 6.37. The van der Waals surface area contributed by atoms with Crippen LogP contribution in [-0.2, 0) is 4.74 Å². The van der Waals surface area contributed by atoms with Crippen LogP contribution in [0.1, 0.15) is 31.1 Å². The molecule has 0 aliphatic heterocycles. The van der Waals surface area contributed by atoms with E-state index in [1.807, 2.05) is 20.8 Å². The van der Waals surface area contributed by atoms with Crippen LogP contribution in [-0.4, -0.2) is 24.7 Å². The first-order valence-corrected chi connectivity index (χ1v) is 5.58. The Morgan fingerprint density at radius 3 is 2.65 bits per heavy atom. The molecule has 1 aromatic rings. The Hall–Kier alpha value is -1.55. The van der Waals surface area contributed by atoms with Crippen molar-refractivity contribution < 1.29 is 14.3 Å². The monoisotopic (exact) mass is 237 g/mol. The van der Waals surface area contributed by atoms with Gasteiger partial charge in [0, 0.05) is 6.54 Å². The topological polar surface area (TPSA) is 61.5 Å². The molecule has 0 atom stereocenters. The Morgan fingerprint density at radius 2 is 2.06 bits per heavy atom. The Morgan fingerprint density at radius 1 is 1.35 bits per heavy atom. The highest BCUT2D eigenvalue weighted by Crippen LogP contribution is 2.17. The van der Waals surface area contributed by atoms with Crippen molar-refractivity contribution >= 4 is 5.97 Å². The van der Waals surface area contributed by atoms with E-state index in [9.17, 15) is 4.79 Å². The van der Waals surface area contributed by atoms with E-state index in [1.54, 1.807) is 24.3 Å². The minimum atomic E-state index is -0.495. The van der Waals surface area contributed by atoms with Crippen molar-refractivity contribution in [2.45, 2.75) is 26.4 Å². The predicted octanol–water partition coefficient (Wildman–Crippen LogP) is 1.98. The third kappa shape index (κ3) is 4.87. The molecule has 0 aliphatic rings. The zero-order valence-electron chi connectivity index (χ0n) is 10.5.